The van der Waals surface area contributed by atoms with Gasteiger partial charge in [-0.2, -0.15) is 26.3 Å². The third kappa shape index (κ3) is 11.9. The first kappa shape index (κ1) is 62.0. The lowest BCUT2D eigenvalue weighted by molar-refractivity contribution is -0.173. The van der Waals surface area contributed by atoms with Crippen molar-refractivity contribution in [3.8, 4) is 11.5 Å². The van der Waals surface area contributed by atoms with Crippen molar-refractivity contribution in [1.29, 1.82) is 0 Å². The second-order valence-electron chi connectivity index (χ2n) is 21.1. The predicted molar refractivity (Wildman–Crippen MR) is 329 cm³/mol. The molecule has 4 atom stereocenters. The Bertz CT molecular complexity index is 4160. The fourth-order valence-corrected chi connectivity index (χ4v) is 14.2. The minimum Gasteiger partial charge on any atom is -0.482 e. The van der Waals surface area contributed by atoms with E-state index in [1.807, 2.05) is 72.8 Å². The zero-order valence-electron chi connectivity index (χ0n) is 46.8. The van der Waals surface area contributed by atoms with E-state index in [1.165, 1.54) is 28.7 Å². The molecule has 454 valence electrons. The molecule has 4 aliphatic rings. The molecule has 0 saturated heterocycles. The molecule has 2 aromatic heterocycles. The van der Waals surface area contributed by atoms with Crippen LogP contribution in [0.3, 0.4) is 0 Å². The van der Waals surface area contributed by atoms with Gasteiger partial charge in [0.2, 0.25) is 10.9 Å². The molecule has 12 rings (SSSR count). The lowest BCUT2D eigenvalue weighted by Crippen LogP contribution is -2.60. The molecule has 6 aromatic carbocycles. The molecule has 0 fully saturated rings. The molecule has 88 heavy (non-hydrogen) atoms. The Hall–Kier alpha value is -7.63. The Balaban J connectivity index is 0.000000182. The van der Waals surface area contributed by atoms with Crippen LogP contribution >= 0.6 is 62.7 Å². The van der Waals surface area contributed by atoms with Gasteiger partial charge in [-0.25, -0.2) is 0 Å². The van der Waals surface area contributed by atoms with E-state index in [-0.39, 0.29) is 34.7 Å². The van der Waals surface area contributed by atoms with Crippen LogP contribution in [0.2, 0.25) is 10.0 Å². The number of hydrogen-bond acceptors (Lipinski definition) is 11. The molecule has 13 nitrogen and oxygen atoms in total. The molecule has 0 aliphatic carbocycles. The van der Waals surface area contributed by atoms with Crippen molar-refractivity contribution in [2.24, 2.45) is 0 Å². The van der Waals surface area contributed by atoms with Gasteiger partial charge in [0, 0.05) is 54.9 Å². The van der Waals surface area contributed by atoms with Crippen LogP contribution in [-0.2, 0) is 24.7 Å². The molecule has 0 N–H and O–H groups in total. The Kier molecular flexibility index (Phi) is 17.7. The summed E-state index contributed by atoms with van der Waals surface area (Å²) in [6.07, 6.45) is -6.87. The molecule has 0 unspecified atom stereocenters. The zero-order chi connectivity index (χ0) is 62.5. The van der Waals surface area contributed by atoms with Crippen LogP contribution in [0.25, 0.3) is 0 Å². The van der Waals surface area contributed by atoms with E-state index in [0.717, 1.165) is 56.4 Å². The number of ketones is 1. The highest BCUT2D eigenvalue weighted by atomic mass is 79.9. The van der Waals surface area contributed by atoms with Crippen molar-refractivity contribution in [3.63, 3.8) is 0 Å². The quantitative estimate of drug-likeness (QED) is 0.0907. The van der Waals surface area contributed by atoms with E-state index in [2.05, 4.69) is 15.9 Å². The lowest BCUT2D eigenvalue weighted by atomic mass is 9.94. The molecule has 24 heteroatoms. The molecular formula is C64H51BrCl2F6N6O7S2. The van der Waals surface area contributed by atoms with Gasteiger partial charge < -0.3 is 19.3 Å². The topological polar surface area (TPSA) is 127 Å². The highest BCUT2D eigenvalue weighted by Crippen LogP contribution is 2.48. The number of carbonyl (C=O) groups excluding carboxylic acids is 3. The second kappa shape index (κ2) is 25.1. The average Bonchev–Trinajstić information content (AvgIpc) is 1.26. The van der Waals surface area contributed by atoms with Crippen LogP contribution in [-0.4, -0.2) is 74.5 Å². The van der Waals surface area contributed by atoms with Crippen molar-refractivity contribution in [2.75, 3.05) is 23.4 Å². The van der Waals surface area contributed by atoms with Crippen LogP contribution in [0.1, 0.15) is 109 Å². The number of benzene rings is 6. The molecule has 0 spiro atoms. The lowest BCUT2D eigenvalue weighted by Gasteiger charge is -2.46. The highest BCUT2D eigenvalue weighted by molar-refractivity contribution is 9.10. The number of rotatable bonds is 11. The standard InChI is InChI=1S/C33H27ClF3N3O4S.C31H24BrClF3N3O3S/c1-19(41)24-15-39-29(31(30(24)42)44-16-21-9-4-3-5-10-21)32(43)38(20(2)33(35,36)37)18-40(39)28-23-12-6-7-14-26(23)45-17-22-11-8-13-25(34)27(22)28;1-18(31(34,35)36)37-17-39(26-21-11-5-6-13-24(21)43-16-20-10-7-12-23(33)25(20)26)38-14-22(32)28(40)29(27(38)30(37)41)42-15-19-8-3-2-4-9-19/h3-15,20,28H,16-18H2,1-2H3;2-14,18,26H,15-17H2,1H3/t20-,28-;18-,26-/m11/s1. The van der Waals surface area contributed by atoms with Gasteiger partial charge in [-0.05, 0) is 94.3 Å². The Morgan fingerprint density at radius 2 is 0.966 bits per heavy atom. The fourth-order valence-electron chi connectivity index (χ4n) is 11.1. The summed E-state index contributed by atoms with van der Waals surface area (Å²) in [6, 6.07) is 37.9. The Morgan fingerprint density at radius 3 is 1.39 bits per heavy atom. The number of aromatic nitrogens is 2. The minimum absolute atomic E-state index is 0.0702. The van der Waals surface area contributed by atoms with E-state index in [1.54, 1.807) is 106 Å². The van der Waals surface area contributed by atoms with E-state index in [9.17, 15) is 50.3 Å². The number of carbonyl (C=O) groups is 3. The summed E-state index contributed by atoms with van der Waals surface area (Å²) in [6.45, 7) is 1.85. The third-order valence-electron chi connectivity index (χ3n) is 15.7. The normalized spacial score (nSPS) is 16.9. The number of fused-ring (bicyclic) bond motifs is 6. The number of ether oxygens (including phenoxy) is 2. The van der Waals surface area contributed by atoms with E-state index >= 15 is 0 Å². The average molecular weight is 1350 g/mol. The smallest absolute Gasteiger partial charge is 0.408 e. The number of halogens is 9. The number of alkyl halides is 6. The third-order valence-corrected chi connectivity index (χ3v) is 19.2. The first-order chi connectivity index (χ1) is 42.0. The van der Waals surface area contributed by atoms with Gasteiger partial charge in [0.25, 0.3) is 11.8 Å². The van der Waals surface area contributed by atoms with Crippen molar-refractivity contribution in [3.05, 3.63) is 254 Å². The number of pyridine rings is 2. The molecule has 0 bridgehead atoms. The number of hydrogen-bond donors (Lipinski definition) is 0. The van der Waals surface area contributed by atoms with Crippen molar-refractivity contribution < 1.29 is 50.2 Å². The van der Waals surface area contributed by atoms with E-state index in [4.69, 9.17) is 32.7 Å². The highest BCUT2D eigenvalue weighted by Gasteiger charge is 2.50. The van der Waals surface area contributed by atoms with Gasteiger partial charge in [-0.1, -0.05) is 145 Å². The second-order valence-corrected chi connectivity index (χ2v) is 24.8. The summed E-state index contributed by atoms with van der Waals surface area (Å²) in [5, 5.41) is 4.02. The zero-order valence-corrected chi connectivity index (χ0v) is 51.6. The Labute approximate surface area is 527 Å². The number of nitrogens with zero attached hydrogens (tertiary/aromatic N) is 6. The number of thioether (sulfide) groups is 2. The molecule has 4 aliphatic heterocycles. The molecule has 6 heterocycles. The molecule has 8 aromatic rings. The van der Waals surface area contributed by atoms with Crippen molar-refractivity contribution >= 4 is 80.3 Å². The predicted octanol–water partition coefficient (Wildman–Crippen LogP) is 14.5. The summed E-state index contributed by atoms with van der Waals surface area (Å²) >= 11 is 20.2. The van der Waals surface area contributed by atoms with E-state index in [0.29, 0.717) is 43.1 Å². The van der Waals surface area contributed by atoms with Gasteiger partial charge in [0.15, 0.2) is 28.7 Å². The summed E-state index contributed by atoms with van der Waals surface area (Å²) in [4.78, 5) is 71.2. The van der Waals surface area contributed by atoms with Gasteiger partial charge >= 0.3 is 12.4 Å². The van der Waals surface area contributed by atoms with E-state index < -0.39 is 89.8 Å². The maximum atomic E-state index is 14.3. The van der Waals surface area contributed by atoms with Gasteiger partial charge in [-0.3, -0.25) is 43.3 Å². The Morgan fingerprint density at radius 1 is 0.568 bits per heavy atom. The first-order valence-electron chi connectivity index (χ1n) is 27.4. The minimum atomic E-state index is -4.78. The SMILES string of the molecule is CC(=O)c1cn2c(c(OCc3ccccc3)c1=O)C(=O)N([C@H](C)C(F)(F)F)CN2[C@@H]1c2ccccc2SCc2cccc(Cl)c21.C[C@@H](N1CN([C@@H]2c3ccccc3SCc3cccc(Cl)c32)n2cc(Br)c(=O)c(OCc3ccccc3)c2C1=O)C(F)(F)F. The van der Waals surface area contributed by atoms with Crippen molar-refractivity contribution in [2.45, 2.75) is 91.8 Å². The maximum Gasteiger partial charge on any atom is 0.408 e. The summed E-state index contributed by atoms with van der Waals surface area (Å²) in [7, 11) is 0. The molecular weight excluding hydrogens is 1290 g/mol. The van der Waals surface area contributed by atoms with Crippen LogP contribution < -0.4 is 30.3 Å². The van der Waals surface area contributed by atoms with Crippen LogP contribution in [0.5, 0.6) is 11.5 Å². The van der Waals surface area contributed by atoms with Gasteiger partial charge in [-0.15, -0.1) is 23.5 Å². The number of amides is 2. The summed E-state index contributed by atoms with van der Waals surface area (Å²) in [5.41, 5.74) is 3.54. The largest absolute Gasteiger partial charge is 0.482 e. The van der Waals surface area contributed by atoms with Crippen LogP contribution in [0.4, 0.5) is 26.3 Å². The summed E-state index contributed by atoms with van der Waals surface area (Å²) in [5.74, 6) is -2.33. The molecule has 0 radical (unpaired) electrons. The van der Waals surface area contributed by atoms with Gasteiger partial charge in [0.1, 0.15) is 50.7 Å². The molecule has 0 saturated carbocycles. The van der Waals surface area contributed by atoms with Crippen LogP contribution in [0, 0.1) is 0 Å². The first-order valence-corrected chi connectivity index (χ1v) is 30.9. The maximum absolute atomic E-state index is 14.3. The van der Waals surface area contributed by atoms with Crippen molar-refractivity contribution in [1.82, 2.24) is 19.2 Å². The van der Waals surface area contributed by atoms with Crippen LogP contribution in [0.15, 0.2) is 182 Å². The fraction of sp³-hybridized carbons (Fsp3) is 0.234. The molecule has 2 amide bonds. The summed E-state index contributed by atoms with van der Waals surface area (Å²) < 4.78 is 100. The van der Waals surface area contributed by atoms with Gasteiger partial charge in [0.05, 0.1) is 10.0 Å². The number of Topliss-reactive ketones (excluding diaryl/α,β-unsaturated/α-hetero) is 1. The monoisotopic (exact) mass is 1340 g/mol.